The standard InChI is InChI=1S/C16H33N3OS/c1-13(2)12-20-9-6-7-18-16(17-5)19-8-10-21-15(11-19)14(3)4/h13-15H,6-12H2,1-5H3,(H,17,18). The van der Waals surface area contributed by atoms with Gasteiger partial charge in [0.2, 0.25) is 0 Å². The van der Waals surface area contributed by atoms with Crippen molar-refractivity contribution in [2.75, 3.05) is 45.6 Å². The van der Waals surface area contributed by atoms with Crippen LogP contribution in [0.2, 0.25) is 0 Å². The Morgan fingerprint density at radius 3 is 2.76 bits per heavy atom. The van der Waals surface area contributed by atoms with Gasteiger partial charge in [0.25, 0.3) is 0 Å². The average molecular weight is 316 g/mol. The molecule has 0 aromatic heterocycles. The van der Waals surface area contributed by atoms with Crippen LogP contribution < -0.4 is 5.32 Å². The van der Waals surface area contributed by atoms with Gasteiger partial charge in [-0.1, -0.05) is 27.7 Å². The van der Waals surface area contributed by atoms with E-state index in [4.69, 9.17) is 4.74 Å². The van der Waals surface area contributed by atoms with E-state index in [9.17, 15) is 0 Å². The molecule has 1 unspecified atom stereocenters. The number of thioether (sulfide) groups is 1. The number of nitrogens with one attached hydrogen (secondary N) is 1. The molecule has 1 rings (SSSR count). The van der Waals surface area contributed by atoms with Gasteiger partial charge in [0.1, 0.15) is 0 Å². The lowest BCUT2D eigenvalue weighted by atomic mass is 10.1. The minimum Gasteiger partial charge on any atom is -0.381 e. The monoisotopic (exact) mass is 315 g/mol. The van der Waals surface area contributed by atoms with Crippen molar-refractivity contribution < 1.29 is 4.74 Å². The Morgan fingerprint density at radius 2 is 2.14 bits per heavy atom. The number of hydrogen-bond acceptors (Lipinski definition) is 3. The lowest BCUT2D eigenvalue weighted by Crippen LogP contribution is -2.49. The molecule has 1 heterocycles. The molecule has 124 valence electrons. The van der Waals surface area contributed by atoms with Crippen molar-refractivity contribution in [1.29, 1.82) is 0 Å². The summed E-state index contributed by atoms with van der Waals surface area (Å²) in [5.74, 6) is 3.58. The lowest BCUT2D eigenvalue weighted by Gasteiger charge is -2.36. The lowest BCUT2D eigenvalue weighted by molar-refractivity contribution is 0.108. The van der Waals surface area contributed by atoms with E-state index in [1.807, 2.05) is 7.05 Å². The molecule has 0 spiro atoms. The zero-order valence-corrected chi connectivity index (χ0v) is 15.2. The molecule has 4 nitrogen and oxygen atoms in total. The van der Waals surface area contributed by atoms with Gasteiger partial charge >= 0.3 is 0 Å². The summed E-state index contributed by atoms with van der Waals surface area (Å²) < 4.78 is 5.61. The number of hydrogen-bond donors (Lipinski definition) is 1. The zero-order chi connectivity index (χ0) is 15.7. The highest BCUT2D eigenvalue weighted by atomic mass is 32.2. The third-order valence-electron chi connectivity index (χ3n) is 3.55. The maximum atomic E-state index is 5.61. The smallest absolute Gasteiger partial charge is 0.193 e. The summed E-state index contributed by atoms with van der Waals surface area (Å²) in [5.41, 5.74) is 0. The fourth-order valence-corrected chi connectivity index (χ4v) is 3.60. The van der Waals surface area contributed by atoms with Crippen LogP contribution in [0.5, 0.6) is 0 Å². The highest BCUT2D eigenvalue weighted by Gasteiger charge is 2.24. The van der Waals surface area contributed by atoms with E-state index in [1.165, 1.54) is 5.75 Å². The second-order valence-electron chi connectivity index (χ2n) is 6.40. The largest absolute Gasteiger partial charge is 0.381 e. The second kappa shape index (κ2) is 10.3. The van der Waals surface area contributed by atoms with Gasteiger partial charge < -0.3 is 15.0 Å². The molecule has 0 aromatic rings. The van der Waals surface area contributed by atoms with Crippen LogP contribution in [0.3, 0.4) is 0 Å². The first kappa shape index (κ1) is 18.6. The number of nitrogens with zero attached hydrogens (tertiary/aromatic N) is 2. The van der Waals surface area contributed by atoms with Gasteiger partial charge in [0, 0.05) is 50.9 Å². The van der Waals surface area contributed by atoms with Crippen LogP contribution in [0.15, 0.2) is 4.99 Å². The van der Waals surface area contributed by atoms with Crippen LogP contribution in [-0.4, -0.2) is 61.8 Å². The molecule has 0 amide bonds. The maximum Gasteiger partial charge on any atom is 0.193 e. The SMILES string of the molecule is CN=C(NCCCOCC(C)C)N1CCSC(C(C)C)C1. The first-order valence-corrected chi connectivity index (χ1v) is 9.24. The van der Waals surface area contributed by atoms with Gasteiger partial charge in [-0.05, 0) is 18.3 Å². The molecule has 5 heteroatoms. The summed E-state index contributed by atoms with van der Waals surface area (Å²) in [6, 6.07) is 0. The summed E-state index contributed by atoms with van der Waals surface area (Å²) in [5, 5.41) is 4.19. The predicted molar refractivity (Wildman–Crippen MR) is 94.3 cm³/mol. The van der Waals surface area contributed by atoms with E-state index in [-0.39, 0.29) is 0 Å². The topological polar surface area (TPSA) is 36.9 Å². The van der Waals surface area contributed by atoms with Crippen molar-refractivity contribution >= 4 is 17.7 Å². The first-order valence-electron chi connectivity index (χ1n) is 8.19. The van der Waals surface area contributed by atoms with Gasteiger partial charge in [0.15, 0.2) is 5.96 Å². The molecule has 0 aromatic carbocycles. The van der Waals surface area contributed by atoms with Crippen molar-refractivity contribution in [2.24, 2.45) is 16.8 Å². The maximum absolute atomic E-state index is 5.61. The minimum absolute atomic E-state index is 0.615. The second-order valence-corrected chi connectivity index (χ2v) is 7.74. The summed E-state index contributed by atoms with van der Waals surface area (Å²) in [4.78, 5) is 6.83. The predicted octanol–water partition coefficient (Wildman–Crippen LogP) is 2.70. The van der Waals surface area contributed by atoms with Gasteiger partial charge in [0.05, 0.1) is 0 Å². The molecule has 21 heavy (non-hydrogen) atoms. The third kappa shape index (κ3) is 7.41. The molecule has 1 N–H and O–H groups in total. The van der Waals surface area contributed by atoms with Crippen molar-refractivity contribution in [1.82, 2.24) is 10.2 Å². The fourth-order valence-electron chi connectivity index (χ4n) is 2.30. The molecule has 0 saturated carbocycles. The van der Waals surface area contributed by atoms with E-state index in [0.29, 0.717) is 11.2 Å². The Labute approximate surface area is 135 Å². The zero-order valence-electron chi connectivity index (χ0n) is 14.4. The molecule has 1 aliphatic heterocycles. The van der Waals surface area contributed by atoms with Crippen molar-refractivity contribution in [3.8, 4) is 0 Å². The number of guanidine groups is 1. The van der Waals surface area contributed by atoms with Gasteiger partial charge in [-0.2, -0.15) is 11.8 Å². The third-order valence-corrected chi connectivity index (χ3v) is 5.09. The quantitative estimate of drug-likeness (QED) is 0.445. The average Bonchev–Trinajstić information content (AvgIpc) is 2.46. The minimum atomic E-state index is 0.615. The molecule has 0 bridgehead atoms. The van der Waals surface area contributed by atoms with Gasteiger partial charge in [-0.15, -0.1) is 0 Å². The summed E-state index contributed by atoms with van der Waals surface area (Å²) >= 11 is 2.10. The Balaban J connectivity index is 2.25. The summed E-state index contributed by atoms with van der Waals surface area (Å²) in [7, 11) is 1.88. The van der Waals surface area contributed by atoms with Crippen LogP contribution in [0.4, 0.5) is 0 Å². The molecule has 1 fully saturated rings. The van der Waals surface area contributed by atoms with E-state index in [2.05, 4.69) is 54.7 Å². The molecule has 1 saturated heterocycles. The number of aliphatic imine (C=N–C) groups is 1. The first-order chi connectivity index (χ1) is 10.0. The highest BCUT2D eigenvalue weighted by molar-refractivity contribution is 8.00. The number of rotatable bonds is 7. The Hall–Kier alpha value is -0.420. The number of ether oxygens (including phenoxy) is 1. The van der Waals surface area contributed by atoms with E-state index in [1.54, 1.807) is 0 Å². The van der Waals surface area contributed by atoms with E-state index >= 15 is 0 Å². The Morgan fingerprint density at radius 1 is 1.38 bits per heavy atom. The highest BCUT2D eigenvalue weighted by Crippen LogP contribution is 2.24. The normalized spacial score (nSPS) is 20.4. The molecular weight excluding hydrogens is 282 g/mol. The summed E-state index contributed by atoms with van der Waals surface area (Å²) in [6.07, 6.45) is 1.03. The van der Waals surface area contributed by atoms with Crippen LogP contribution in [0.25, 0.3) is 0 Å². The van der Waals surface area contributed by atoms with E-state index < -0.39 is 0 Å². The fraction of sp³-hybridized carbons (Fsp3) is 0.938. The molecule has 0 radical (unpaired) electrons. The van der Waals surface area contributed by atoms with E-state index in [0.717, 1.165) is 51.1 Å². The molecular formula is C16H33N3OS. The Kier molecular flexibility index (Phi) is 9.16. The molecule has 0 aliphatic carbocycles. The van der Waals surface area contributed by atoms with Crippen LogP contribution >= 0.6 is 11.8 Å². The van der Waals surface area contributed by atoms with Gasteiger partial charge in [-0.25, -0.2) is 0 Å². The Bertz CT molecular complexity index is 308. The van der Waals surface area contributed by atoms with Crippen LogP contribution in [0.1, 0.15) is 34.1 Å². The van der Waals surface area contributed by atoms with Crippen molar-refractivity contribution in [2.45, 2.75) is 39.4 Å². The molecule has 1 atom stereocenters. The molecule has 1 aliphatic rings. The summed E-state index contributed by atoms with van der Waals surface area (Å²) in [6.45, 7) is 13.8. The van der Waals surface area contributed by atoms with Crippen molar-refractivity contribution in [3.05, 3.63) is 0 Å². The van der Waals surface area contributed by atoms with Crippen molar-refractivity contribution in [3.63, 3.8) is 0 Å². The van der Waals surface area contributed by atoms with Crippen LogP contribution in [0, 0.1) is 11.8 Å². The van der Waals surface area contributed by atoms with Crippen LogP contribution in [-0.2, 0) is 4.74 Å². The van der Waals surface area contributed by atoms with Gasteiger partial charge in [-0.3, -0.25) is 4.99 Å².